The van der Waals surface area contributed by atoms with E-state index >= 15 is 0 Å². The molecular weight excluding hydrogens is 226 g/mol. The van der Waals surface area contributed by atoms with Gasteiger partial charge in [0.15, 0.2) is 0 Å². The number of piperidine rings is 1. The van der Waals surface area contributed by atoms with Crippen molar-refractivity contribution < 1.29 is 24.2 Å². The molecule has 96 valence electrons. The van der Waals surface area contributed by atoms with Crippen LogP contribution in [0.4, 0.5) is 4.79 Å². The third-order valence-electron chi connectivity index (χ3n) is 2.37. The summed E-state index contributed by atoms with van der Waals surface area (Å²) in [6.45, 7) is 4.96. The fraction of sp³-hybridized carbons (Fsp3) is 0.727. The zero-order valence-electron chi connectivity index (χ0n) is 10.2. The van der Waals surface area contributed by atoms with Crippen molar-refractivity contribution in [1.82, 2.24) is 4.90 Å². The Morgan fingerprint density at radius 3 is 2.47 bits per heavy atom. The number of nitrogens with zero attached hydrogens (tertiary/aromatic N) is 1. The van der Waals surface area contributed by atoms with Gasteiger partial charge in [-0.15, -0.1) is 0 Å². The molecule has 0 saturated carbocycles. The number of likely N-dealkylation sites (tertiary alicyclic amines) is 1. The van der Waals surface area contributed by atoms with Gasteiger partial charge in [-0.05, 0) is 27.2 Å². The molecule has 1 aliphatic heterocycles. The summed E-state index contributed by atoms with van der Waals surface area (Å²) in [5.41, 5.74) is -0.701. The van der Waals surface area contributed by atoms with E-state index in [1.807, 2.05) is 0 Å². The number of imide groups is 1. The summed E-state index contributed by atoms with van der Waals surface area (Å²) >= 11 is 0. The Morgan fingerprint density at radius 2 is 2.00 bits per heavy atom. The van der Waals surface area contributed by atoms with E-state index in [9.17, 15) is 14.4 Å². The Morgan fingerprint density at radius 1 is 1.41 bits per heavy atom. The van der Waals surface area contributed by atoms with Crippen molar-refractivity contribution in [2.45, 2.75) is 39.2 Å². The lowest BCUT2D eigenvalue weighted by atomic mass is 9.98. The van der Waals surface area contributed by atoms with Crippen molar-refractivity contribution in [2.75, 3.05) is 6.54 Å². The quantitative estimate of drug-likeness (QED) is 0.749. The van der Waals surface area contributed by atoms with Crippen LogP contribution in [0.1, 0.15) is 33.6 Å². The van der Waals surface area contributed by atoms with Crippen LogP contribution in [0.25, 0.3) is 0 Å². The molecule has 1 rings (SSSR count). The first-order valence-electron chi connectivity index (χ1n) is 5.47. The highest BCUT2D eigenvalue weighted by atomic mass is 16.6. The van der Waals surface area contributed by atoms with Crippen LogP contribution < -0.4 is 0 Å². The first kappa shape index (κ1) is 13.5. The summed E-state index contributed by atoms with van der Waals surface area (Å²) in [5, 5.41) is 8.87. The van der Waals surface area contributed by atoms with Gasteiger partial charge < -0.3 is 9.84 Å². The molecule has 2 amide bonds. The summed E-state index contributed by atoms with van der Waals surface area (Å²) in [6, 6.07) is 0. The summed E-state index contributed by atoms with van der Waals surface area (Å²) in [6.07, 6.45) is -0.433. The van der Waals surface area contributed by atoms with Crippen LogP contribution in [0, 0.1) is 5.92 Å². The highest BCUT2D eigenvalue weighted by Gasteiger charge is 2.35. The molecule has 0 aromatic rings. The van der Waals surface area contributed by atoms with Gasteiger partial charge in [-0.25, -0.2) is 9.69 Å². The lowest BCUT2D eigenvalue weighted by Crippen LogP contribution is -2.47. The largest absolute Gasteiger partial charge is 0.481 e. The molecular formula is C11H17NO5. The van der Waals surface area contributed by atoms with E-state index in [1.165, 1.54) is 0 Å². The van der Waals surface area contributed by atoms with Gasteiger partial charge in [0.1, 0.15) is 5.60 Å². The van der Waals surface area contributed by atoms with Gasteiger partial charge in [0.25, 0.3) is 0 Å². The molecule has 6 heteroatoms. The van der Waals surface area contributed by atoms with Crippen LogP contribution >= 0.6 is 0 Å². The maximum absolute atomic E-state index is 11.7. The van der Waals surface area contributed by atoms with Crippen LogP contribution in [-0.2, 0) is 14.3 Å². The van der Waals surface area contributed by atoms with Crippen molar-refractivity contribution in [3.63, 3.8) is 0 Å². The number of carboxylic acids is 1. The molecule has 1 aliphatic rings. The van der Waals surface area contributed by atoms with E-state index in [-0.39, 0.29) is 25.3 Å². The molecule has 0 aromatic carbocycles. The van der Waals surface area contributed by atoms with Gasteiger partial charge in [-0.2, -0.15) is 0 Å². The predicted molar refractivity (Wildman–Crippen MR) is 58.3 cm³/mol. The molecule has 6 nitrogen and oxygen atoms in total. The number of carbonyl (C=O) groups is 3. The van der Waals surface area contributed by atoms with Crippen molar-refractivity contribution in [3.8, 4) is 0 Å². The molecule has 1 heterocycles. The first-order valence-corrected chi connectivity index (χ1v) is 5.47. The number of hydrogen-bond acceptors (Lipinski definition) is 4. The zero-order chi connectivity index (χ0) is 13.2. The summed E-state index contributed by atoms with van der Waals surface area (Å²) < 4.78 is 5.05. The third-order valence-corrected chi connectivity index (χ3v) is 2.37. The normalized spacial score (nSPS) is 21.2. The van der Waals surface area contributed by atoms with Gasteiger partial charge >= 0.3 is 12.1 Å². The highest BCUT2D eigenvalue weighted by Crippen LogP contribution is 2.20. The maximum atomic E-state index is 11.7. The van der Waals surface area contributed by atoms with Gasteiger partial charge in [-0.3, -0.25) is 9.59 Å². The SMILES string of the molecule is CC(C)(C)OC(=O)N1C[C@H](C(=O)O)CCC1=O. The molecule has 17 heavy (non-hydrogen) atoms. The van der Waals surface area contributed by atoms with Crippen molar-refractivity contribution in [2.24, 2.45) is 5.92 Å². The van der Waals surface area contributed by atoms with Crippen LogP contribution in [0.3, 0.4) is 0 Å². The van der Waals surface area contributed by atoms with Crippen molar-refractivity contribution in [3.05, 3.63) is 0 Å². The molecule has 0 aliphatic carbocycles. The lowest BCUT2D eigenvalue weighted by molar-refractivity contribution is -0.146. The van der Waals surface area contributed by atoms with Crippen LogP contribution in [0.15, 0.2) is 0 Å². The Balaban J connectivity index is 2.70. The predicted octanol–water partition coefficient (Wildman–Crippen LogP) is 1.24. The Hall–Kier alpha value is -1.59. The summed E-state index contributed by atoms with van der Waals surface area (Å²) in [4.78, 5) is 34.9. The van der Waals surface area contributed by atoms with E-state index in [0.29, 0.717) is 0 Å². The van der Waals surface area contributed by atoms with Gasteiger partial charge in [0.05, 0.1) is 5.92 Å². The number of hydrogen-bond donors (Lipinski definition) is 1. The molecule has 1 fully saturated rings. The fourth-order valence-corrected chi connectivity index (χ4v) is 1.54. The molecule has 0 radical (unpaired) electrons. The van der Waals surface area contributed by atoms with E-state index in [1.54, 1.807) is 20.8 Å². The number of carbonyl (C=O) groups excluding carboxylic acids is 2. The van der Waals surface area contributed by atoms with Crippen LogP contribution in [0.2, 0.25) is 0 Å². The lowest BCUT2D eigenvalue weighted by Gasteiger charge is -2.31. The second-order valence-corrected chi connectivity index (χ2v) is 5.06. The molecule has 0 aromatic heterocycles. The monoisotopic (exact) mass is 243 g/mol. The van der Waals surface area contributed by atoms with Crippen molar-refractivity contribution in [1.29, 1.82) is 0 Å². The summed E-state index contributed by atoms with van der Waals surface area (Å²) in [5.74, 6) is -2.07. The minimum atomic E-state index is -0.994. The molecule has 0 bridgehead atoms. The molecule has 0 unspecified atom stereocenters. The molecule has 1 atom stereocenters. The number of amides is 2. The van der Waals surface area contributed by atoms with E-state index in [4.69, 9.17) is 9.84 Å². The van der Waals surface area contributed by atoms with Gasteiger partial charge in [-0.1, -0.05) is 0 Å². The molecule has 1 saturated heterocycles. The first-order chi connectivity index (χ1) is 7.70. The maximum Gasteiger partial charge on any atom is 0.417 e. The third kappa shape index (κ3) is 3.72. The highest BCUT2D eigenvalue weighted by molar-refractivity contribution is 5.93. The molecule has 0 spiro atoms. The Labute approximate surface area is 99.5 Å². The van der Waals surface area contributed by atoms with E-state index in [0.717, 1.165) is 4.90 Å². The second-order valence-electron chi connectivity index (χ2n) is 5.06. The Kier molecular flexibility index (Phi) is 3.75. The Bertz CT molecular complexity index is 344. The zero-order valence-corrected chi connectivity index (χ0v) is 10.2. The second kappa shape index (κ2) is 4.73. The number of aliphatic carboxylic acids is 1. The number of carboxylic acid groups (broad SMARTS) is 1. The van der Waals surface area contributed by atoms with E-state index < -0.39 is 23.6 Å². The van der Waals surface area contributed by atoms with Gasteiger partial charge in [0, 0.05) is 13.0 Å². The topological polar surface area (TPSA) is 83.9 Å². The minimum absolute atomic E-state index is 0.0657. The standard InChI is InChI=1S/C11H17NO5/c1-11(2,3)17-10(16)12-6-7(9(14)15)4-5-8(12)13/h7H,4-6H2,1-3H3,(H,14,15)/t7-/m1/s1. The fourth-order valence-electron chi connectivity index (χ4n) is 1.54. The van der Waals surface area contributed by atoms with E-state index in [2.05, 4.69) is 0 Å². The van der Waals surface area contributed by atoms with Crippen LogP contribution in [-0.4, -0.2) is 40.1 Å². The van der Waals surface area contributed by atoms with Crippen molar-refractivity contribution >= 4 is 18.0 Å². The summed E-state index contributed by atoms with van der Waals surface area (Å²) in [7, 11) is 0. The average Bonchev–Trinajstić information content (AvgIpc) is 2.14. The average molecular weight is 243 g/mol. The molecule has 1 N–H and O–H groups in total. The van der Waals surface area contributed by atoms with Gasteiger partial charge in [0.2, 0.25) is 5.91 Å². The number of ether oxygens (including phenoxy) is 1. The van der Waals surface area contributed by atoms with Crippen LogP contribution in [0.5, 0.6) is 0 Å². The number of rotatable bonds is 1. The minimum Gasteiger partial charge on any atom is -0.481 e. The smallest absolute Gasteiger partial charge is 0.417 e.